The van der Waals surface area contributed by atoms with E-state index in [9.17, 15) is 0 Å². The second-order valence-corrected chi connectivity index (χ2v) is 5.62. The lowest BCUT2D eigenvalue weighted by atomic mass is 9.70. The minimum absolute atomic E-state index is 0.401. The fourth-order valence-corrected chi connectivity index (χ4v) is 1.50. The minimum atomic E-state index is 0.401. The SMILES string of the molecule is C[C-](C)C(C)(C)CC(C)(C)C. The van der Waals surface area contributed by atoms with Crippen LogP contribution in [0, 0.1) is 16.7 Å². The van der Waals surface area contributed by atoms with E-state index in [0.29, 0.717) is 10.8 Å². The molecule has 0 fully saturated rings. The Hall–Kier alpha value is 0. The van der Waals surface area contributed by atoms with E-state index in [2.05, 4.69) is 48.5 Å². The van der Waals surface area contributed by atoms with Gasteiger partial charge < -0.3 is 5.92 Å². The highest BCUT2D eigenvalue weighted by Crippen LogP contribution is 2.39. The van der Waals surface area contributed by atoms with Crippen LogP contribution >= 0.6 is 0 Å². The van der Waals surface area contributed by atoms with Crippen LogP contribution in [0.2, 0.25) is 0 Å². The molecular weight excluding hydrogens is 132 g/mol. The van der Waals surface area contributed by atoms with Crippen molar-refractivity contribution in [2.45, 2.75) is 54.9 Å². The number of hydrogen-bond donors (Lipinski definition) is 0. The molecule has 0 atom stereocenters. The molecule has 0 aromatic heterocycles. The third kappa shape index (κ3) is 4.44. The maximum atomic E-state index is 2.33. The summed E-state index contributed by atoms with van der Waals surface area (Å²) in [4.78, 5) is 0. The van der Waals surface area contributed by atoms with Gasteiger partial charge in [0.1, 0.15) is 0 Å². The van der Waals surface area contributed by atoms with Crippen molar-refractivity contribution in [3.8, 4) is 0 Å². The summed E-state index contributed by atoms with van der Waals surface area (Å²) in [5, 5.41) is 0. The lowest BCUT2D eigenvalue weighted by molar-refractivity contribution is 0.226. The first-order chi connectivity index (χ1) is 4.65. The Morgan fingerprint density at radius 3 is 1.36 bits per heavy atom. The lowest BCUT2D eigenvalue weighted by Crippen LogP contribution is -2.24. The Balaban J connectivity index is 4.13. The lowest BCUT2D eigenvalue weighted by Gasteiger charge is -2.45. The molecule has 0 bridgehead atoms. The first-order valence-electron chi connectivity index (χ1n) is 4.46. The van der Waals surface area contributed by atoms with Gasteiger partial charge in [0.25, 0.3) is 0 Å². The summed E-state index contributed by atoms with van der Waals surface area (Å²) in [7, 11) is 0. The highest BCUT2D eigenvalue weighted by molar-refractivity contribution is 4.96. The predicted octanol–water partition coefficient (Wildman–Crippen LogP) is 4.06. The van der Waals surface area contributed by atoms with E-state index in [1.807, 2.05) is 0 Å². The van der Waals surface area contributed by atoms with Gasteiger partial charge in [0.15, 0.2) is 0 Å². The fraction of sp³-hybridized carbons (Fsp3) is 0.909. The van der Waals surface area contributed by atoms with Gasteiger partial charge in [0, 0.05) is 0 Å². The summed E-state index contributed by atoms with van der Waals surface area (Å²) < 4.78 is 0. The molecule has 0 amide bonds. The molecule has 0 unspecified atom stereocenters. The van der Waals surface area contributed by atoms with Crippen LogP contribution in [-0.4, -0.2) is 0 Å². The molecular formula is C11H23-. The van der Waals surface area contributed by atoms with Crippen LogP contribution in [-0.2, 0) is 0 Å². The maximum absolute atomic E-state index is 2.33. The van der Waals surface area contributed by atoms with Gasteiger partial charge in [-0.2, -0.15) is 19.3 Å². The fourth-order valence-electron chi connectivity index (χ4n) is 1.50. The first-order valence-corrected chi connectivity index (χ1v) is 4.46. The van der Waals surface area contributed by atoms with Crippen LogP contribution in [0.3, 0.4) is 0 Å². The molecule has 0 aliphatic heterocycles. The van der Waals surface area contributed by atoms with Crippen molar-refractivity contribution in [2.75, 3.05) is 0 Å². The standard InChI is InChI=1S/C11H23/c1-9(2)11(6,7)8-10(3,4)5/h8H2,1-7H3/q-1. The molecule has 0 aromatic carbocycles. The van der Waals surface area contributed by atoms with Gasteiger partial charge in [-0.05, 0) is 5.41 Å². The van der Waals surface area contributed by atoms with Gasteiger partial charge in [0.2, 0.25) is 0 Å². The van der Waals surface area contributed by atoms with E-state index in [1.165, 1.54) is 12.3 Å². The maximum Gasteiger partial charge on any atom is -0.0402 e. The molecule has 0 heteroatoms. The smallest absolute Gasteiger partial charge is 0.0402 e. The highest BCUT2D eigenvalue weighted by atomic mass is 14.3. The van der Waals surface area contributed by atoms with Crippen LogP contribution < -0.4 is 0 Å². The monoisotopic (exact) mass is 155 g/mol. The van der Waals surface area contributed by atoms with Gasteiger partial charge in [-0.25, -0.2) is 0 Å². The van der Waals surface area contributed by atoms with Gasteiger partial charge >= 0.3 is 0 Å². The van der Waals surface area contributed by atoms with Gasteiger partial charge in [-0.1, -0.05) is 41.0 Å². The molecule has 0 aromatic rings. The Bertz CT molecular complexity index is 112. The summed E-state index contributed by atoms with van der Waals surface area (Å²) in [6.45, 7) is 16.0. The van der Waals surface area contributed by atoms with E-state index < -0.39 is 0 Å². The van der Waals surface area contributed by atoms with Crippen molar-refractivity contribution in [3.05, 3.63) is 5.92 Å². The minimum Gasteiger partial charge on any atom is -0.314 e. The zero-order chi connectivity index (χ0) is 9.28. The van der Waals surface area contributed by atoms with Crippen molar-refractivity contribution in [1.29, 1.82) is 0 Å². The Labute approximate surface area is 72.4 Å². The second-order valence-electron chi connectivity index (χ2n) is 5.62. The summed E-state index contributed by atoms with van der Waals surface area (Å²) in [6.07, 6.45) is 1.27. The molecule has 68 valence electrons. The molecule has 11 heavy (non-hydrogen) atoms. The van der Waals surface area contributed by atoms with E-state index >= 15 is 0 Å². The van der Waals surface area contributed by atoms with Crippen molar-refractivity contribution in [3.63, 3.8) is 0 Å². The van der Waals surface area contributed by atoms with Crippen molar-refractivity contribution in [2.24, 2.45) is 10.8 Å². The largest absolute Gasteiger partial charge is 0.314 e. The Morgan fingerprint density at radius 1 is 0.909 bits per heavy atom. The van der Waals surface area contributed by atoms with Crippen molar-refractivity contribution in [1.82, 2.24) is 0 Å². The molecule has 0 radical (unpaired) electrons. The molecule has 0 rings (SSSR count). The van der Waals surface area contributed by atoms with Gasteiger partial charge in [-0.15, -0.1) is 0 Å². The summed E-state index contributed by atoms with van der Waals surface area (Å²) >= 11 is 0. The van der Waals surface area contributed by atoms with Crippen LogP contribution in [0.1, 0.15) is 54.9 Å². The van der Waals surface area contributed by atoms with Crippen LogP contribution in [0.5, 0.6) is 0 Å². The molecule has 0 saturated carbocycles. The zero-order valence-corrected chi connectivity index (χ0v) is 9.21. The third-order valence-corrected chi connectivity index (χ3v) is 2.33. The Kier molecular flexibility index (Phi) is 3.16. The van der Waals surface area contributed by atoms with E-state index in [1.54, 1.807) is 0 Å². The topological polar surface area (TPSA) is 0 Å². The average molecular weight is 155 g/mol. The Morgan fingerprint density at radius 2 is 1.27 bits per heavy atom. The number of rotatable bonds is 2. The molecule has 0 saturated heterocycles. The summed E-state index contributed by atoms with van der Waals surface area (Å²) in [5.41, 5.74) is 0.846. The molecule has 0 nitrogen and oxygen atoms in total. The second kappa shape index (κ2) is 3.16. The number of hydrogen-bond acceptors (Lipinski definition) is 0. The summed E-state index contributed by atoms with van der Waals surface area (Å²) in [6, 6.07) is 0. The van der Waals surface area contributed by atoms with Crippen molar-refractivity contribution < 1.29 is 0 Å². The molecule has 0 aliphatic rings. The van der Waals surface area contributed by atoms with Crippen LogP contribution in [0.15, 0.2) is 0 Å². The molecule has 0 spiro atoms. The highest BCUT2D eigenvalue weighted by Gasteiger charge is 2.20. The molecule has 0 aliphatic carbocycles. The van der Waals surface area contributed by atoms with E-state index in [-0.39, 0.29) is 0 Å². The third-order valence-electron chi connectivity index (χ3n) is 2.33. The normalized spacial score (nSPS) is 14.2. The summed E-state index contributed by atoms with van der Waals surface area (Å²) in [5.74, 6) is 1.53. The molecule has 0 N–H and O–H groups in total. The van der Waals surface area contributed by atoms with Gasteiger partial charge in [-0.3, -0.25) is 0 Å². The first kappa shape index (κ1) is 11.0. The predicted molar refractivity (Wildman–Crippen MR) is 52.4 cm³/mol. The molecule has 0 heterocycles. The van der Waals surface area contributed by atoms with Crippen LogP contribution in [0.25, 0.3) is 0 Å². The quantitative estimate of drug-likeness (QED) is 0.527. The van der Waals surface area contributed by atoms with E-state index in [4.69, 9.17) is 0 Å². The average Bonchev–Trinajstić information content (AvgIpc) is 1.56. The van der Waals surface area contributed by atoms with Crippen molar-refractivity contribution >= 4 is 0 Å². The van der Waals surface area contributed by atoms with Crippen LogP contribution in [0.4, 0.5) is 0 Å². The zero-order valence-electron chi connectivity index (χ0n) is 9.21. The van der Waals surface area contributed by atoms with Gasteiger partial charge in [0.05, 0.1) is 0 Å². The van der Waals surface area contributed by atoms with E-state index in [0.717, 1.165) is 0 Å².